The maximum Gasteiger partial charge on any atom is 0.472 e. The average molecular weight is 913 g/mol. The van der Waals surface area contributed by atoms with E-state index in [-0.39, 0.29) is 12.8 Å². The van der Waals surface area contributed by atoms with Crippen LogP contribution in [0.1, 0.15) is 181 Å². The first-order chi connectivity index (χ1) is 30.4. The first-order valence-electron chi connectivity index (χ1n) is 24.1. The van der Waals surface area contributed by atoms with Gasteiger partial charge in [0, 0.05) is 12.8 Å². The van der Waals surface area contributed by atoms with Crippen molar-refractivity contribution in [1.29, 1.82) is 0 Å². The number of aliphatic hydroxyl groups excluding tert-OH is 5. The Morgan fingerprint density at radius 1 is 0.508 bits per heavy atom. The van der Waals surface area contributed by atoms with E-state index in [0.717, 1.165) is 51.4 Å². The lowest BCUT2D eigenvalue weighted by Gasteiger charge is -2.41. The molecule has 1 saturated carbocycles. The number of phosphoric ester groups is 1. The van der Waals surface area contributed by atoms with Crippen LogP contribution in [-0.2, 0) is 32.7 Å². The van der Waals surface area contributed by atoms with Crippen molar-refractivity contribution in [2.75, 3.05) is 13.2 Å². The fourth-order valence-electron chi connectivity index (χ4n) is 7.03. The number of aliphatic hydroxyl groups is 5. The summed E-state index contributed by atoms with van der Waals surface area (Å²) in [5.74, 6) is -1.17. The Bertz CT molecular complexity index is 1330. The van der Waals surface area contributed by atoms with E-state index in [4.69, 9.17) is 18.5 Å². The van der Waals surface area contributed by atoms with E-state index in [9.17, 15) is 44.6 Å². The summed E-state index contributed by atoms with van der Waals surface area (Å²) >= 11 is 0. The first kappa shape index (κ1) is 58.6. The van der Waals surface area contributed by atoms with Crippen LogP contribution >= 0.6 is 7.82 Å². The molecule has 0 aromatic carbocycles. The molecule has 1 aliphatic rings. The van der Waals surface area contributed by atoms with E-state index in [1.807, 2.05) is 12.2 Å². The van der Waals surface area contributed by atoms with Gasteiger partial charge in [0.05, 0.1) is 6.61 Å². The van der Waals surface area contributed by atoms with E-state index in [1.54, 1.807) is 0 Å². The third-order valence-corrected chi connectivity index (χ3v) is 11.9. The van der Waals surface area contributed by atoms with Crippen LogP contribution in [0.2, 0.25) is 0 Å². The standard InChI is InChI=1S/C49H85O13P/c1-3-5-7-9-11-13-15-17-19-21-23-25-27-29-31-33-35-37-42(50)59-39-41(40-60-63(57,58)62-49-47(55)45(53)44(52)46(54)48(49)56)61-43(51)38-36-34-32-30-28-26-24-22-20-18-16-14-12-10-8-6-4-2/h6,8,12,14,18,20,24,26,30,32,41,44-49,52-56H,3-5,7,9-11,13,15-17,19,21-23,25,27-29,31,33-40H2,1-2H3,(H,57,58)/b8-6-,14-12-,20-18-,26-24-,32-30-. The van der Waals surface area contributed by atoms with Gasteiger partial charge in [-0.05, 0) is 51.4 Å². The molecule has 0 aromatic heterocycles. The minimum absolute atomic E-state index is 0.0177. The predicted molar refractivity (Wildman–Crippen MR) is 249 cm³/mol. The molecule has 63 heavy (non-hydrogen) atoms. The summed E-state index contributed by atoms with van der Waals surface area (Å²) in [6.07, 6.45) is 34.2. The van der Waals surface area contributed by atoms with Crippen molar-refractivity contribution in [3.63, 3.8) is 0 Å². The summed E-state index contributed by atoms with van der Waals surface area (Å²) in [5, 5.41) is 50.2. The zero-order valence-corrected chi connectivity index (χ0v) is 39.5. The molecule has 1 fully saturated rings. The Kier molecular flexibility index (Phi) is 36.1. The van der Waals surface area contributed by atoms with E-state index >= 15 is 0 Å². The maximum atomic E-state index is 12.8. The highest BCUT2D eigenvalue weighted by Gasteiger charge is 2.51. The number of unbranched alkanes of at least 4 members (excludes halogenated alkanes) is 17. The molecule has 0 heterocycles. The number of esters is 2. The monoisotopic (exact) mass is 913 g/mol. The lowest BCUT2D eigenvalue weighted by Crippen LogP contribution is -2.64. The van der Waals surface area contributed by atoms with Crippen molar-refractivity contribution in [2.24, 2.45) is 0 Å². The highest BCUT2D eigenvalue weighted by molar-refractivity contribution is 7.47. The molecule has 1 aliphatic carbocycles. The highest BCUT2D eigenvalue weighted by Crippen LogP contribution is 2.47. The molecule has 6 N–H and O–H groups in total. The Balaban J connectivity index is 2.48. The van der Waals surface area contributed by atoms with Gasteiger partial charge >= 0.3 is 19.8 Å². The molecular formula is C49H85O13P. The van der Waals surface area contributed by atoms with Crippen molar-refractivity contribution < 1.29 is 63.1 Å². The molecule has 0 spiro atoms. The van der Waals surface area contributed by atoms with Gasteiger partial charge in [-0.1, -0.05) is 177 Å². The molecule has 6 unspecified atom stereocenters. The average Bonchev–Trinajstić information content (AvgIpc) is 3.26. The summed E-state index contributed by atoms with van der Waals surface area (Å²) in [7, 11) is -5.14. The minimum atomic E-state index is -5.14. The molecule has 0 saturated heterocycles. The number of carbonyl (C=O) groups excluding carboxylic acids is 2. The molecule has 14 heteroatoms. The number of hydrogen-bond donors (Lipinski definition) is 6. The van der Waals surface area contributed by atoms with Gasteiger partial charge in [0.25, 0.3) is 0 Å². The van der Waals surface area contributed by atoms with E-state index in [2.05, 4.69) is 62.5 Å². The van der Waals surface area contributed by atoms with Gasteiger partial charge in [0.15, 0.2) is 6.10 Å². The molecule has 13 nitrogen and oxygen atoms in total. The number of rotatable bonds is 39. The third kappa shape index (κ3) is 31.2. The van der Waals surface area contributed by atoms with Crippen LogP contribution in [0.5, 0.6) is 0 Å². The lowest BCUT2D eigenvalue weighted by atomic mass is 9.85. The van der Waals surface area contributed by atoms with Crippen LogP contribution in [0.4, 0.5) is 0 Å². The zero-order valence-electron chi connectivity index (χ0n) is 38.6. The second-order valence-electron chi connectivity index (χ2n) is 16.6. The number of carbonyl (C=O) groups is 2. The number of ether oxygens (including phenoxy) is 2. The Labute approximate surface area is 379 Å². The second kappa shape index (κ2) is 38.8. The first-order valence-corrected chi connectivity index (χ1v) is 25.6. The summed E-state index contributed by atoms with van der Waals surface area (Å²) in [6.45, 7) is 3.15. The normalized spacial score (nSPS) is 22.2. The Morgan fingerprint density at radius 3 is 1.37 bits per heavy atom. The molecule has 364 valence electrons. The molecule has 0 radical (unpaired) electrons. The van der Waals surface area contributed by atoms with Crippen LogP contribution in [0.25, 0.3) is 0 Å². The summed E-state index contributed by atoms with van der Waals surface area (Å²) < 4.78 is 33.5. The summed E-state index contributed by atoms with van der Waals surface area (Å²) in [4.78, 5) is 35.7. The van der Waals surface area contributed by atoms with Gasteiger partial charge in [-0.3, -0.25) is 18.6 Å². The fraction of sp³-hybridized carbons (Fsp3) is 0.755. The fourth-order valence-corrected chi connectivity index (χ4v) is 8.00. The smallest absolute Gasteiger partial charge is 0.462 e. The predicted octanol–water partition coefficient (Wildman–Crippen LogP) is 9.73. The van der Waals surface area contributed by atoms with Gasteiger partial charge in [-0.25, -0.2) is 4.57 Å². The Morgan fingerprint density at radius 2 is 0.905 bits per heavy atom. The van der Waals surface area contributed by atoms with E-state index in [1.165, 1.54) is 83.5 Å². The van der Waals surface area contributed by atoms with Crippen LogP contribution < -0.4 is 0 Å². The zero-order chi connectivity index (χ0) is 46.4. The molecule has 0 aliphatic heterocycles. The highest BCUT2D eigenvalue weighted by atomic mass is 31.2. The number of hydrogen-bond acceptors (Lipinski definition) is 12. The molecule has 0 amide bonds. The van der Waals surface area contributed by atoms with Crippen molar-refractivity contribution >= 4 is 19.8 Å². The van der Waals surface area contributed by atoms with E-state index < -0.39 is 75.7 Å². The van der Waals surface area contributed by atoms with Crippen LogP contribution in [0.3, 0.4) is 0 Å². The molecule has 1 rings (SSSR count). The largest absolute Gasteiger partial charge is 0.472 e. The van der Waals surface area contributed by atoms with Gasteiger partial charge in [0.2, 0.25) is 0 Å². The molecule has 6 atom stereocenters. The second-order valence-corrected chi connectivity index (χ2v) is 18.0. The van der Waals surface area contributed by atoms with Gasteiger partial charge in [-0.15, -0.1) is 0 Å². The van der Waals surface area contributed by atoms with Crippen molar-refractivity contribution in [3.8, 4) is 0 Å². The van der Waals surface area contributed by atoms with E-state index in [0.29, 0.717) is 19.3 Å². The maximum absolute atomic E-state index is 12.8. The topological polar surface area (TPSA) is 210 Å². The van der Waals surface area contributed by atoms with Gasteiger partial charge < -0.3 is 39.9 Å². The van der Waals surface area contributed by atoms with Crippen molar-refractivity contribution in [3.05, 3.63) is 60.8 Å². The number of phosphoric acid groups is 1. The third-order valence-electron chi connectivity index (χ3n) is 10.9. The van der Waals surface area contributed by atoms with Crippen LogP contribution in [-0.4, -0.2) is 98.3 Å². The molecule has 0 aromatic rings. The quantitative estimate of drug-likeness (QED) is 0.0147. The van der Waals surface area contributed by atoms with Gasteiger partial charge in [0.1, 0.15) is 43.2 Å². The SMILES string of the molecule is CC/C=C\C/C=C\C/C=C\C/C=C\C/C=C\CCCC(=O)OC(COC(=O)CCCCCCCCCCCCCCCCCCC)COP(=O)(O)OC1C(O)C(O)C(O)C(O)C1O. The molecule has 0 bridgehead atoms. The Hall–Kier alpha value is -2.45. The van der Waals surface area contributed by atoms with Crippen molar-refractivity contribution in [2.45, 2.75) is 224 Å². The lowest BCUT2D eigenvalue weighted by molar-refractivity contribution is -0.220. The van der Waals surface area contributed by atoms with Gasteiger partial charge in [-0.2, -0.15) is 0 Å². The summed E-state index contributed by atoms with van der Waals surface area (Å²) in [6, 6.07) is 0. The van der Waals surface area contributed by atoms with Crippen molar-refractivity contribution in [1.82, 2.24) is 0 Å². The molecular weight excluding hydrogens is 828 g/mol. The van der Waals surface area contributed by atoms with Crippen LogP contribution in [0, 0.1) is 0 Å². The number of allylic oxidation sites excluding steroid dienone is 10. The summed E-state index contributed by atoms with van der Waals surface area (Å²) in [5.41, 5.74) is 0. The minimum Gasteiger partial charge on any atom is -0.462 e. The van der Waals surface area contributed by atoms with Crippen LogP contribution in [0.15, 0.2) is 60.8 Å².